The molecule has 1 saturated carbocycles. The minimum atomic E-state index is -0.596. The van der Waals surface area contributed by atoms with Crippen LogP contribution in [0.4, 0.5) is 0 Å². The number of hydrogen-bond donors (Lipinski definition) is 0. The van der Waals surface area contributed by atoms with E-state index in [-0.39, 0.29) is 35.6 Å². The van der Waals surface area contributed by atoms with Gasteiger partial charge in [0.15, 0.2) is 11.6 Å². The fourth-order valence-corrected chi connectivity index (χ4v) is 5.44. The van der Waals surface area contributed by atoms with E-state index in [1.54, 1.807) is 0 Å². The Morgan fingerprint density at radius 3 is 1.88 bits per heavy atom. The van der Waals surface area contributed by atoms with Gasteiger partial charge >= 0.3 is 0 Å². The molecule has 5 rings (SSSR count). The maximum atomic E-state index is 13.1. The SMILES string of the molecule is Cc1cc(-c2ccccc2)cc(C)c1C1C(=O)[C@@H]2[C@H](C1=O)[C@H]1CC[C@@H]2O1. The quantitative estimate of drug-likeness (QED) is 0.772. The van der Waals surface area contributed by atoms with E-state index in [9.17, 15) is 9.59 Å². The van der Waals surface area contributed by atoms with Crippen molar-refractivity contribution < 1.29 is 14.3 Å². The molecule has 3 heteroatoms. The first-order chi connectivity index (χ1) is 12.6. The van der Waals surface area contributed by atoms with Crippen LogP contribution in [-0.4, -0.2) is 23.8 Å². The van der Waals surface area contributed by atoms with Crippen molar-refractivity contribution in [3.05, 3.63) is 59.2 Å². The summed E-state index contributed by atoms with van der Waals surface area (Å²) in [5.74, 6) is -0.837. The lowest BCUT2D eigenvalue weighted by atomic mass is 9.81. The van der Waals surface area contributed by atoms with Gasteiger partial charge in [-0.05, 0) is 54.5 Å². The second kappa shape index (κ2) is 5.62. The number of fused-ring (bicyclic) bond motifs is 5. The standard InChI is InChI=1S/C23H22O3/c1-12-10-15(14-6-4-3-5-7-14)11-13(2)18(12)21-22(24)19-16-8-9-17(26-16)20(19)23(21)25/h3-7,10-11,16-17,19-21H,8-9H2,1-2H3/t16-,17+,19-,20+,21?. The number of rotatable bonds is 2. The minimum Gasteiger partial charge on any atom is -0.373 e. The molecule has 1 unspecified atom stereocenters. The third-order valence-electron chi connectivity index (χ3n) is 6.49. The van der Waals surface area contributed by atoms with Crippen molar-refractivity contribution in [1.29, 1.82) is 0 Å². The van der Waals surface area contributed by atoms with Crippen LogP contribution in [0.1, 0.15) is 35.4 Å². The van der Waals surface area contributed by atoms with E-state index in [1.807, 2.05) is 32.0 Å². The second-order valence-corrected chi connectivity index (χ2v) is 7.97. The Morgan fingerprint density at radius 2 is 1.35 bits per heavy atom. The molecule has 0 radical (unpaired) electrons. The van der Waals surface area contributed by atoms with Gasteiger partial charge in [-0.1, -0.05) is 42.5 Å². The first kappa shape index (κ1) is 16.0. The van der Waals surface area contributed by atoms with Crippen LogP contribution >= 0.6 is 0 Å². The highest BCUT2D eigenvalue weighted by molar-refractivity contribution is 6.17. The van der Waals surface area contributed by atoms with Crippen molar-refractivity contribution >= 4 is 11.6 Å². The highest BCUT2D eigenvalue weighted by atomic mass is 16.5. The average Bonchev–Trinajstić information content (AvgIpc) is 3.31. The molecular weight excluding hydrogens is 324 g/mol. The topological polar surface area (TPSA) is 43.4 Å². The third kappa shape index (κ3) is 2.10. The Labute approximate surface area is 153 Å². The lowest BCUT2D eigenvalue weighted by Crippen LogP contribution is -2.29. The van der Waals surface area contributed by atoms with E-state index >= 15 is 0 Å². The van der Waals surface area contributed by atoms with E-state index in [2.05, 4.69) is 24.3 Å². The largest absolute Gasteiger partial charge is 0.373 e. The number of ether oxygens (including phenoxy) is 1. The van der Waals surface area contributed by atoms with E-state index in [0.29, 0.717) is 0 Å². The Bertz CT molecular complexity index is 863. The summed E-state index contributed by atoms with van der Waals surface area (Å²) >= 11 is 0. The van der Waals surface area contributed by atoms with Crippen LogP contribution in [0.5, 0.6) is 0 Å². The van der Waals surface area contributed by atoms with Crippen molar-refractivity contribution in [3.63, 3.8) is 0 Å². The van der Waals surface area contributed by atoms with Gasteiger partial charge in [0, 0.05) is 0 Å². The van der Waals surface area contributed by atoms with Crippen LogP contribution in [0.2, 0.25) is 0 Å². The molecule has 2 saturated heterocycles. The lowest BCUT2D eigenvalue weighted by Gasteiger charge is -2.18. The van der Waals surface area contributed by atoms with Gasteiger partial charge in [0.2, 0.25) is 0 Å². The molecule has 2 aromatic carbocycles. The summed E-state index contributed by atoms with van der Waals surface area (Å²) in [4.78, 5) is 26.3. The van der Waals surface area contributed by atoms with Gasteiger partial charge in [0.05, 0.1) is 24.0 Å². The van der Waals surface area contributed by atoms with Crippen LogP contribution in [-0.2, 0) is 14.3 Å². The van der Waals surface area contributed by atoms with Crippen molar-refractivity contribution in [2.24, 2.45) is 11.8 Å². The van der Waals surface area contributed by atoms with Gasteiger partial charge in [-0.25, -0.2) is 0 Å². The zero-order valence-electron chi connectivity index (χ0n) is 15.1. The van der Waals surface area contributed by atoms with E-state index in [4.69, 9.17) is 4.74 Å². The first-order valence-corrected chi connectivity index (χ1v) is 9.45. The van der Waals surface area contributed by atoms with Gasteiger partial charge in [-0.3, -0.25) is 9.59 Å². The Hall–Kier alpha value is -2.26. The summed E-state index contributed by atoms with van der Waals surface area (Å²) in [7, 11) is 0. The maximum Gasteiger partial charge on any atom is 0.154 e. The highest BCUT2D eigenvalue weighted by Gasteiger charge is 2.63. The van der Waals surface area contributed by atoms with Crippen molar-refractivity contribution in [3.8, 4) is 11.1 Å². The molecule has 5 atom stereocenters. The summed E-state index contributed by atoms with van der Waals surface area (Å²) in [6.45, 7) is 4.04. The lowest BCUT2D eigenvalue weighted by molar-refractivity contribution is -0.127. The number of hydrogen-bond acceptors (Lipinski definition) is 3. The molecule has 26 heavy (non-hydrogen) atoms. The van der Waals surface area contributed by atoms with Gasteiger partial charge in [0.25, 0.3) is 0 Å². The highest BCUT2D eigenvalue weighted by Crippen LogP contribution is 2.53. The molecule has 132 valence electrons. The minimum absolute atomic E-state index is 0.0318. The van der Waals surface area contributed by atoms with Crippen molar-refractivity contribution in [2.75, 3.05) is 0 Å². The molecule has 0 spiro atoms. The maximum absolute atomic E-state index is 13.1. The number of benzene rings is 2. The molecule has 0 amide bonds. The van der Waals surface area contributed by atoms with Crippen molar-refractivity contribution in [2.45, 2.75) is 44.8 Å². The molecule has 1 aliphatic carbocycles. The number of aryl methyl sites for hydroxylation is 2. The fraction of sp³-hybridized carbons (Fsp3) is 0.391. The van der Waals surface area contributed by atoms with E-state index in [0.717, 1.165) is 40.7 Å². The van der Waals surface area contributed by atoms with Crippen LogP contribution in [0.25, 0.3) is 11.1 Å². The predicted octanol–water partition coefficient (Wildman–Crippen LogP) is 4.00. The Morgan fingerprint density at radius 1 is 0.808 bits per heavy atom. The molecule has 2 aliphatic heterocycles. The summed E-state index contributed by atoms with van der Waals surface area (Å²) in [6.07, 6.45) is 1.77. The Kier molecular flexibility index (Phi) is 3.45. The normalized spacial score (nSPS) is 32.3. The predicted molar refractivity (Wildman–Crippen MR) is 99.0 cm³/mol. The zero-order chi connectivity index (χ0) is 18.0. The molecule has 3 aliphatic rings. The van der Waals surface area contributed by atoms with Crippen LogP contribution in [0.3, 0.4) is 0 Å². The molecule has 2 heterocycles. The molecule has 2 bridgehead atoms. The molecule has 0 aromatic heterocycles. The summed E-state index contributed by atoms with van der Waals surface area (Å²) in [5.41, 5.74) is 5.27. The Balaban J connectivity index is 1.57. The van der Waals surface area contributed by atoms with E-state index in [1.165, 1.54) is 0 Å². The summed E-state index contributed by atoms with van der Waals surface area (Å²) < 4.78 is 5.86. The van der Waals surface area contributed by atoms with Crippen LogP contribution in [0, 0.1) is 25.7 Å². The number of ketones is 2. The van der Waals surface area contributed by atoms with E-state index < -0.39 is 5.92 Å². The van der Waals surface area contributed by atoms with Crippen LogP contribution in [0.15, 0.2) is 42.5 Å². The van der Waals surface area contributed by atoms with Gasteiger partial charge in [-0.2, -0.15) is 0 Å². The van der Waals surface area contributed by atoms with Gasteiger partial charge < -0.3 is 4.74 Å². The molecular formula is C23H22O3. The first-order valence-electron chi connectivity index (χ1n) is 9.45. The van der Waals surface area contributed by atoms with Gasteiger partial charge in [0.1, 0.15) is 5.92 Å². The smallest absolute Gasteiger partial charge is 0.154 e. The van der Waals surface area contributed by atoms with Gasteiger partial charge in [-0.15, -0.1) is 0 Å². The second-order valence-electron chi connectivity index (χ2n) is 7.97. The molecule has 0 N–H and O–H groups in total. The number of Topliss-reactive ketones (excluding diaryl/α,β-unsaturated/α-hetero) is 2. The third-order valence-corrected chi connectivity index (χ3v) is 6.49. The molecule has 2 aromatic rings. The molecule has 3 fully saturated rings. The average molecular weight is 346 g/mol. The monoisotopic (exact) mass is 346 g/mol. The number of carbonyl (C=O) groups is 2. The molecule has 3 nitrogen and oxygen atoms in total. The summed E-state index contributed by atoms with van der Waals surface area (Å²) in [5, 5.41) is 0. The zero-order valence-corrected chi connectivity index (χ0v) is 15.1. The van der Waals surface area contributed by atoms with Crippen LogP contribution < -0.4 is 0 Å². The fourth-order valence-electron chi connectivity index (χ4n) is 5.44. The number of carbonyl (C=O) groups excluding carboxylic acids is 2. The summed E-state index contributed by atoms with van der Waals surface area (Å²) in [6, 6.07) is 14.4. The van der Waals surface area contributed by atoms with Crippen molar-refractivity contribution in [1.82, 2.24) is 0 Å².